The van der Waals surface area contributed by atoms with E-state index in [0.717, 1.165) is 0 Å². The second-order valence-corrected chi connectivity index (χ2v) is 0. The number of hydrogen-bond acceptors (Lipinski definition) is 0. The van der Waals surface area contributed by atoms with Crippen LogP contribution in [0, 0.1) is 0 Å². The molecule has 0 aliphatic rings. The van der Waals surface area contributed by atoms with Crippen molar-refractivity contribution in [2.24, 2.45) is 0 Å². The summed E-state index contributed by atoms with van der Waals surface area (Å²) in [7, 11) is 0. The van der Waals surface area contributed by atoms with Gasteiger partial charge in [-0.05, 0) is 0 Å². The first-order valence-corrected chi connectivity index (χ1v) is 0. The van der Waals surface area contributed by atoms with Crippen LogP contribution in [-0.2, 0) is 34.1 Å². The summed E-state index contributed by atoms with van der Waals surface area (Å²) in [4.78, 5) is 0. The van der Waals surface area contributed by atoms with Gasteiger partial charge in [-0.2, -0.15) is 13.5 Å². The van der Waals surface area contributed by atoms with Crippen molar-refractivity contribution in [2.45, 2.75) is 0 Å². The van der Waals surface area contributed by atoms with Crippen LogP contribution in [0.1, 0.15) is 0 Å². The van der Waals surface area contributed by atoms with Crippen molar-refractivity contribution in [1.82, 2.24) is 0 Å². The summed E-state index contributed by atoms with van der Waals surface area (Å²) in [6.07, 6.45) is 0. The molecule has 0 amide bonds. The third kappa shape index (κ3) is 20.7. The van der Waals surface area contributed by atoms with Gasteiger partial charge in [0.25, 0.3) is 0 Å². The Balaban J connectivity index is 0. The molecule has 0 N–H and O–H groups in total. The van der Waals surface area contributed by atoms with Gasteiger partial charge in [0.1, 0.15) is 0 Å². The van der Waals surface area contributed by atoms with Crippen molar-refractivity contribution in [1.29, 1.82) is 0 Å². The number of hydrogen-bond donors (Lipinski definition) is 0. The van der Waals surface area contributed by atoms with Gasteiger partial charge in [0, 0.05) is 71.9 Å². The van der Waals surface area contributed by atoms with Crippen LogP contribution in [0.25, 0.3) is 0 Å². The van der Waals surface area contributed by atoms with E-state index in [1.165, 1.54) is 0 Å². The quantitative estimate of drug-likeness (QED) is 0.411. The second kappa shape index (κ2) is 30.7. The maximum Gasteiger partial charge on any atom is 0 e. The van der Waals surface area contributed by atoms with Gasteiger partial charge < -0.3 is 0 Å². The Labute approximate surface area is 84.3 Å². The minimum absolute atomic E-state index is 0. The summed E-state index contributed by atoms with van der Waals surface area (Å²) in [6.45, 7) is 0. The van der Waals surface area contributed by atoms with Gasteiger partial charge in [0.2, 0.25) is 0 Å². The maximum absolute atomic E-state index is 0. The molecule has 25 valence electrons. The molecule has 0 fully saturated rings. The van der Waals surface area contributed by atoms with Crippen LogP contribution >= 0.6 is 13.5 Å². The van der Waals surface area contributed by atoms with Gasteiger partial charge in [-0.1, -0.05) is 0 Å². The van der Waals surface area contributed by atoms with Gasteiger partial charge in [0.05, 0.1) is 0 Å². The van der Waals surface area contributed by atoms with E-state index in [-0.39, 0.29) is 85.4 Å². The normalized spacial score (nSPS) is 0. The Bertz CT molecular complexity index is 9.61. The Morgan fingerprint density at radius 3 is 0.800 bits per heavy atom. The molecule has 0 saturated carbocycles. The molecule has 0 nitrogen and oxygen atoms in total. The minimum Gasteiger partial charge on any atom is -0.197 e. The summed E-state index contributed by atoms with van der Waals surface area (Å²) in [5.41, 5.74) is 0. The zero-order chi connectivity index (χ0) is 0. The van der Waals surface area contributed by atoms with Crippen LogP contribution in [0.3, 0.4) is 0 Å². The predicted molar refractivity (Wildman–Crippen MR) is 21.9 cm³/mol. The van der Waals surface area contributed by atoms with E-state index in [0.29, 0.717) is 0 Å². The van der Waals surface area contributed by atoms with Crippen molar-refractivity contribution in [3.05, 3.63) is 0 Å². The first kappa shape index (κ1) is 49.2. The van der Waals surface area contributed by atoms with E-state index < -0.39 is 0 Å². The van der Waals surface area contributed by atoms with E-state index in [1.807, 2.05) is 0 Å². The topological polar surface area (TPSA) is 0 Å². The summed E-state index contributed by atoms with van der Waals surface area (Å²) in [6, 6.07) is 0. The van der Waals surface area contributed by atoms with Gasteiger partial charge in [-0.25, -0.2) is 0 Å². The first-order valence-electron chi connectivity index (χ1n) is 0. The van der Waals surface area contributed by atoms with Crippen molar-refractivity contribution < 1.29 is 34.1 Å². The van der Waals surface area contributed by atoms with Crippen LogP contribution < -0.4 is 0 Å². The average molecular weight is 159 g/mol. The molecule has 5 heteroatoms. The largest absolute Gasteiger partial charge is 0.197 e. The predicted octanol–water partition coefficient (Wildman–Crippen LogP) is -0.654. The zero-order valence-corrected chi connectivity index (χ0v) is 6.52. The van der Waals surface area contributed by atoms with E-state index in [9.17, 15) is 0 Å². The fraction of sp³-hybridized carbons (Fsp3) is 0. The fourth-order valence-corrected chi connectivity index (χ4v) is 0. The Hall–Kier alpha value is 2.58. The molecule has 0 heterocycles. The van der Waals surface area contributed by atoms with E-state index in [4.69, 9.17) is 0 Å². The summed E-state index contributed by atoms with van der Waals surface area (Å²) >= 11 is 0. The van der Waals surface area contributed by atoms with Gasteiger partial charge in [-0.15, -0.1) is 0 Å². The molecule has 5 heavy (non-hydrogen) atoms. The molecule has 0 aromatic carbocycles. The molecule has 0 atom stereocenters. The first-order chi connectivity index (χ1) is 0. The van der Waals surface area contributed by atoms with Gasteiger partial charge >= 0.3 is 0 Å². The third-order valence-electron chi connectivity index (χ3n) is 0. The van der Waals surface area contributed by atoms with E-state index >= 15 is 0 Å². The second-order valence-electron chi connectivity index (χ2n) is 0. The molecule has 0 unspecified atom stereocenters. The monoisotopic (exact) mass is 159 g/mol. The molecule has 0 bridgehead atoms. The molecule has 0 aromatic heterocycles. The molecule has 0 saturated heterocycles. The zero-order valence-electron chi connectivity index (χ0n) is 3.23. The molecule has 0 rings (SSSR count). The Morgan fingerprint density at radius 2 is 0.800 bits per heavy atom. The van der Waals surface area contributed by atoms with Crippen LogP contribution in [0.15, 0.2) is 0 Å². The molecule has 0 aliphatic carbocycles. The van der Waals surface area contributed by atoms with Gasteiger partial charge in [-0.3, -0.25) is 0 Å². The number of rotatable bonds is 0. The van der Waals surface area contributed by atoms with Crippen LogP contribution in [-0.4, -0.2) is 37.7 Å². The van der Waals surface area contributed by atoms with Crippen LogP contribution in [0.2, 0.25) is 0 Å². The molecule has 3 radical (unpaired) electrons. The van der Waals surface area contributed by atoms with Crippen LogP contribution in [0.4, 0.5) is 0 Å². The minimum atomic E-state index is 0. The summed E-state index contributed by atoms with van der Waals surface area (Å²) < 4.78 is 0. The van der Waals surface area contributed by atoms with Gasteiger partial charge in [0.15, 0.2) is 0 Å². The molecular weight excluding hydrogens is 157 g/mol. The molecule has 0 spiro atoms. The third-order valence-corrected chi connectivity index (χ3v) is 0. The Kier molecular flexibility index (Phi) is 303. The van der Waals surface area contributed by atoms with Crippen molar-refractivity contribution in [2.75, 3.05) is 0 Å². The smallest absolute Gasteiger partial charge is 0 e. The standard InChI is InChI=1S/Fe.2Li.Mn.H2S/h;;;;1H2. The van der Waals surface area contributed by atoms with E-state index in [1.54, 1.807) is 0 Å². The fourth-order valence-electron chi connectivity index (χ4n) is 0. The molecule has 0 aliphatic heterocycles. The van der Waals surface area contributed by atoms with Crippen molar-refractivity contribution in [3.63, 3.8) is 0 Å². The van der Waals surface area contributed by atoms with E-state index in [2.05, 4.69) is 0 Å². The molecular formula is H2FeLi2MnS. The molecule has 0 aromatic rings. The average Bonchev–Trinajstić information content (AvgIpc) is 0. The summed E-state index contributed by atoms with van der Waals surface area (Å²) in [5, 5.41) is 0. The van der Waals surface area contributed by atoms with Crippen molar-refractivity contribution in [3.8, 4) is 0 Å². The SMILES string of the molecule is S.[Fe].[Li].[Li].[Mn]. The maximum atomic E-state index is 0. The van der Waals surface area contributed by atoms with Crippen molar-refractivity contribution >= 4 is 51.2 Å². The summed E-state index contributed by atoms with van der Waals surface area (Å²) in [5.74, 6) is 0. The Morgan fingerprint density at radius 1 is 0.800 bits per heavy atom. The van der Waals surface area contributed by atoms with Crippen LogP contribution in [0.5, 0.6) is 0 Å².